The molecule has 0 spiro atoms. The maximum absolute atomic E-state index is 12.8. The van der Waals surface area contributed by atoms with E-state index in [1.165, 1.54) is 18.1 Å². The van der Waals surface area contributed by atoms with Gasteiger partial charge in [-0.2, -0.15) is 0 Å². The third-order valence-electron chi connectivity index (χ3n) is 5.39. The molecule has 0 radical (unpaired) electrons. The Balaban J connectivity index is 2.66. The monoisotopic (exact) mass is 389 g/mol. The van der Waals surface area contributed by atoms with Crippen LogP contribution in [0.5, 0.6) is 0 Å². The van der Waals surface area contributed by atoms with E-state index in [1.54, 1.807) is 6.92 Å². The van der Waals surface area contributed by atoms with Gasteiger partial charge in [-0.15, -0.1) is 0 Å². The predicted octanol–water partition coefficient (Wildman–Crippen LogP) is 4.44. The van der Waals surface area contributed by atoms with E-state index in [0.717, 1.165) is 17.6 Å². The summed E-state index contributed by atoms with van der Waals surface area (Å²) in [5, 5.41) is 0. The van der Waals surface area contributed by atoms with Crippen molar-refractivity contribution in [2.45, 2.75) is 67.3 Å². The Bertz CT molecular complexity index is 701. The lowest BCUT2D eigenvalue weighted by atomic mass is 9.89. The summed E-state index contributed by atoms with van der Waals surface area (Å²) in [6.45, 7) is 13.4. The number of hydrogen-bond acceptors (Lipinski definition) is 4. The standard InChI is InChI=1S/C23H35NO4/c1-9-16(4)22(26)17(5)11-14(2)10-15(3)12-18(6)23(27)24-19(7)20(28-8)13-21(24)25/h9,11,13,15,17-19H,10,12H2,1-8H3/b14-11+,16-9+/t15-,17-,18+,19+/m1/s1. The zero-order valence-electron chi connectivity index (χ0n) is 18.5. The second kappa shape index (κ2) is 10.4. The summed E-state index contributed by atoms with van der Waals surface area (Å²) < 4.78 is 5.18. The quantitative estimate of drug-likeness (QED) is 0.432. The molecule has 0 aromatic rings. The van der Waals surface area contributed by atoms with E-state index < -0.39 is 0 Å². The van der Waals surface area contributed by atoms with Crippen LogP contribution in [0.3, 0.4) is 0 Å². The van der Waals surface area contributed by atoms with E-state index in [0.29, 0.717) is 12.2 Å². The van der Waals surface area contributed by atoms with Crippen LogP contribution in [0.15, 0.2) is 35.1 Å². The maximum Gasteiger partial charge on any atom is 0.257 e. The molecule has 0 saturated carbocycles. The molecule has 5 heteroatoms. The summed E-state index contributed by atoms with van der Waals surface area (Å²) >= 11 is 0. The number of hydrogen-bond donors (Lipinski definition) is 0. The lowest BCUT2D eigenvalue weighted by Gasteiger charge is -2.26. The first kappa shape index (κ1) is 23.9. The van der Waals surface area contributed by atoms with Crippen molar-refractivity contribution in [3.8, 4) is 0 Å². The summed E-state index contributed by atoms with van der Waals surface area (Å²) in [5.74, 6) is 0.0435. The van der Waals surface area contributed by atoms with Crippen LogP contribution < -0.4 is 0 Å². The fourth-order valence-electron chi connectivity index (χ4n) is 3.81. The minimum Gasteiger partial charge on any atom is -0.499 e. The van der Waals surface area contributed by atoms with Crippen molar-refractivity contribution >= 4 is 17.6 Å². The van der Waals surface area contributed by atoms with Gasteiger partial charge in [0.15, 0.2) is 5.78 Å². The van der Waals surface area contributed by atoms with Crippen LogP contribution in [0.25, 0.3) is 0 Å². The van der Waals surface area contributed by atoms with Gasteiger partial charge in [-0.05, 0) is 52.0 Å². The smallest absolute Gasteiger partial charge is 0.257 e. The van der Waals surface area contributed by atoms with Gasteiger partial charge in [-0.25, -0.2) is 0 Å². The first-order valence-electron chi connectivity index (χ1n) is 10.00. The summed E-state index contributed by atoms with van der Waals surface area (Å²) in [4.78, 5) is 38.4. The fraction of sp³-hybridized carbons (Fsp3) is 0.609. The van der Waals surface area contributed by atoms with E-state index in [-0.39, 0.29) is 41.4 Å². The molecule has 1 aliphatic heterocycles. The Morgan fingerprint density at radius 3 is 2.36 bits per heavy atom. The van der Waals surface area contributed by atoms with Crippen LogP contribution in [-0.2, 0) is 19.1 Å². The summed E-state index contributed by atoms with van der Waals surface area (Å²) in [7, 11) is 1.51. The van der Waals surface area contributed by atoms with Gasteiger partial charge in [0.25, 0.3) is 5.91 Å². The minimum absolute atomic E-state index is 0.140. The van der Waals surface area contributed by atoms with Crippen LogP contribution in [0.1, 0.15) is 61.3 Å². The Hall–Kier alpha value is -2.17. The zero-order valence-corrected chi connectivity index (χ0v) is 18.5. The maximum atomic E-state index is 12.8. The largest absolute Gasteiger partial charge is 0.499 e. The average molecular weight is 390 g/mol. The molecule has 28 heavy (non-hydrogen) atoms. The highest BCUT2D eigenvalue weighted by atomic mass is 16.5. The molecule has 0 N–H and O–H groups in total. The van der Waals surface area contributed by atoms with Gasteiger partial charge in [0.1, 0.15) is 5.76 Å². The van der Waals surface area contributed by atoms with Crippen molar-refractivity contribution in [3.05, 3.63) is 35.1 Å². The number of imide groups is 1. The zero-order chi connectivity index (χ0) is 21.6. The Kier molecular flexibility index (Phi) is 8.86. The highest BCUT2D eigenvalue weighted by Gasteiger charge is 2.37. The number of ether oxygens (including phenoxy) is 1. The molecular weight excluding hydrogens is 354 g/mol. The van der Waals surface area contributed by atoms with Crippen molar-refractivity contribution in [2.75, 3.05) is 7.11 Å². The topological polar surface area (TPSA) is 63.7 Å². The molecule has 0 fully saturated rings. The summed E-state index contributed by atoms with van der Waals surface area (Å²) in [6, 6.07) is -0.355. The normalized spacial score (nSPS) is 21.3. The number of rotatable bonds is 9. The molecule has 5 nitrogen and oxygen atoms in total. The highest BCUT2D eigenvalue weighted by Crippen LogP contribution is 2.26. The van der Waals surface area contributed by atoms with Gasteiger partial charge >= 0.3 is 0 Å². The van der Waals surface area contributed by atoms with Gasteiger partial charge in [-0.3, -0.25) is 19.3 Å². The van der Waals surface area contributed by atoms with Gasteiger partial charge in [0, 0.05) is 17.9 Å². The van der Waals surface area contributed by atoms with Gasteiger partial charge in [0.05, 0.1) is 13.2 Å². The second-order valence-corrected chi connectivity index (χ2v) is 8.06. The third kappa shape index (κ3) is 5.91. The van der Waals surface area contributed by atoms with E-state index in [1.807, 2.05) is 46.8 Å². The lowest BCUT2D eigenvalue weighted by molar-refractivity contribution is -0.145. The minimum atomic E-state index is -0.355. The predicted molar refractivity (Wildman–Crippen MR) is 111 cm³/mol. The molecule has 0 aromatic carbocycles. The molecule has 4 atom stereocenters. The SMILES string of the molecule is C/C=C(\C)C(=O)[C@H](C)/C=C(\C)C[C@@H](C)C[C@H](C)C(=O)N1C(=O)C=C(OC)[C@@H]1C. The first-order chi connectivity index (χ1) is 13.0. The summed E-state index contributed by atoms with van der Waals surface area (Å²) in [5.41, 5.74) is 1.92. The average Bonchev–Trinajstić information content (AvgIpc) is 2.92. The summed E-state index contributed by atoms with van der Waals surface area (Å²) in [6.07, 6.45) is 6.73. The van der Waals surface area contributed by atoms with Crippen molar-refractivity contribution in [2.24, 2.45) is 17.8 Å². The van der Waals surface area contributed by atoms with E-state index in [9.17, 15) is 14.4 Å². The second-order valence-electron chi connectivity index (χ2n) is 8.06. The molecule has 0 saturated heterocycles. The van der Waals surface area contributed by atoms with Crippen LogP contribution in [-0.4, -0.2) is 35.6 Å². The van der Waals surface area contributed by atoms with Crippen molar-refractivity contribution in [1.82, 2.24) is 4.90 Å². The third-order valence-corrected chi connectivity index (χ3v) is 5.39. The number of carbonyl (C=O) groups is 3. The molecule has 1 heterocycles. The van der Waals surface area contributed by atoms with E-state index >= 15 is 0 Å². The Morgan fingerprint density at radius 1 is 1.25 bits per heavy atom. The van der Waals surface area contributed by atoms with Crippen molar-refractivity contribution < 1.29 is 19.1 Å². The van der Waals surface area contributed by atoms with Gasteiger partial charge < -0.3 is 4.74 Å². The van der Waals surface area contributed by atoms with Gasteiger partial charge in [-0.1, -0.05) is 38.5 Å². The lowest BCUT2D eigenvalue weighted by Crippen LogP contribution is -2.42. The highest BCUT2D eigenvalue weighted by molar-refractivity contribution is 6.04. The number of ketones is 1. The molecule has 1 rings (SSSR count). The molecule has 156 valence electrons. The Labute approximate surface area is 169 Å². The van der Waals surface area contributed by atoms with Crippen molar-refractivity contribution in [3.63, 3.8) is 0 Å². The molecular formula is C23H35NO4. The van der Waals surface area contributed by atoms with E-state index in [2.05, 4.69) is 6.92 Å². The van der Waals surface area contributed by atoms with Crippen LogP contribution >= 0.6 is 0 Å². The van der Waals surface area contributed by atoms with Crippen LogP contribution in [0.4, 0.5) is 0 Å². The molecule has 0 aliphatic carbocycles. The molecule has 0 aromatic heterocycles. The number of methoxy groups -OCH3 is 1. The molecule has 1 aliphatic rings. The van der Waals surface area contributed by atoms with Gasteiger partial charge in [0.2, 0.25) is 5.91 Å². The van der Waals surface area contributed by atoms with Crippen LogP contribution in [0.2, 0.25) is 0 Å². The molecule has 0 unspecified atom stereocenters. The number of amides is 2. The van der Waals surface area contributed by atoms with Crippen LogP contribution in [0, 0.1) is 17.8 Å². The Morgan fingerprint density at radius 2 is 1.86 bits per heavy atom. The first-order valence-corrected chi connectivity index (χ1v) is 10.00. The fourth-order valence-corrected chi connectivity index (χ4v) is 3.81. The molecule has 0 bridgehead atoms. The number of Topliss-reactive ketones (excluding diaryl/α,β-unsaturated/α-hetero) is 1. The number of nitrogens with zero attached hydrogens (tertiary/aromatic N) is 1. The number of carbonyl (C=O) groups excluding carboxylic acids is 3. The van der Waals surface area contributed by atoms with Crippen molar-refractivity contribution in [1.29, 1.82) is 0 Å². The number of allylic oxidation sites excluding steroid dienone is 4. The molecule has 2 amide bonds. The van der Waals surface area contributed by atoms with E-state index in [4.69, 9.17) is 4.74 Å².